The summed E-state index contributed by atoms with van der Waals surface area (Å²) in [6.07, 6.45) is 8.59. The van der Waals surface area contributed by atoms with Gasteiger partial charge >= 0.3 is 0 Å². The molecule has 1 aromatic rings. The van der Waals surface area contributed by atoms with E-state index in [1.54, 1.807) is 0 Å². The Labute approximate surface area is 118 Å². The summed E-state index contributed by atoms with van der Waals surface area (Å²) in [6, 6.07) is 0.658. The summed E-state index contributed by atoms with van der Waals surface area (Å²) in [5, 5.41) is 8.30. The van der Waals surface area contributed by atoms with Gasteiger partial charge < -0.3 is 5.32 Å². The molecule has 1 rings (SSSR count). The van der Waals surface area contributed by atoms with E-state index in [0.717, 1.165) is 6.54 Å². The van der Waals surface area contributed by atoms with Crippen molar-refractivity contribution in [2.24, 2.45) is 7.05 Å². The zero-order valence-electron chi connectivity index (χ0n) is 13.4. The lowest BCUT2D eigenvalue weighted by molar-refractivity contribution is 0.433. The Morgan fingerprint density at radius 2 is 1.95 bits per heavy atom. The summed E-state index contributed by atoms with van der Waals surface area (Å²) >= 11 is 0. The van der Waals surface area contributed by atoms with E-state index in [-0.39, 0.29) is 0 Å². The van der Waals surface area contributed by atoms with E-state index in [0.29, 0.717) is 12.0 Å². The van der Waals surface area contributed by atoms with Gasteiger partial charge in [0.15, 0.2) is 0 Å². The summed E-state index contributed by atoms with van der Waals surface area (Å²) < 4.78 is 1.94. The molecule has 0 fully saturated rings. The minimum atomic E-state index is 0.498. The molecule has 0 aliphatic heterocycles. The van der Waals surface area contributed by atoms with Gasteiger partial charge in [0.05, 0.1) is 5.69 Å². The Hall–Kier alpha value is -0.830. The molecule has 19 heavy (non-hydrogen) atoms. The average molecular weight is 265 g/mol. The molecule has 0 saturated carbocycles. The number of aryl methyl sites for hydroxylation is 1. The highest BCUT2D eigenvalue weighted by atomic mass is 15.3. The van der Waals surface area contributed by atoms with Crippen molar-refractivity contribution in [3.63, 3.8) is 0 Å². The standard InChI is InChI=1S/C16H31N3/c1-6-8-10-15(9-7-2)17-11-14-12-19(5)18-16(14)13(3)4/h12-13,15,17H,6-11H2,1-5H3. The topological polar surface area (TPSA) is 29.9 Å². The molecule has 0 spiro atoms. The fourth-order valence-corrected chi connectivity index (χ4v) is 2.58. The molecule has 3 nitrogen and oxygen atoms in total. The lowest BCUT2D eigenvalue weighted by Crippen LogP contribution is -2.28. The van der Waals surface area contributed by atoms with Gasteiger partial charge in [0, 0.05) is 31.4 Å². The molecule has 0 aliphatic rings. The van der Waals surface area contributed by atoms with Crippen molar-refractivity contribution in [1.82, 2.24) is 15.1 Å². The van der Waals surface area contributed by atoms with Gasteiger partial charge in [0.1, 0.15) is 0 Å². The number of hydrogen-bond acceptors (Lipinski definition) is 2. The minimum absolute atomic E-state index is 0.498. The molecule has 0 aliphatic carbocycles. The van der Waals surface area contributed by atoms with E-state index in [2.05, 4.69) is 44.3 Å². The van der Waals surface area contributed by atoms with Crippen molar-refractivity contribution in [3.8, 4) is 0 Å². The number of aromatic nitrogens is 2. The van der Waals surface area contributed by atoms with Crippen LogP contribution in [0.1, 0.15) is 77.0 Å². The molecule has 1 unspecified atom stereocenters. The first-order valence-corrected chi connectivity index (χ1v) is 7.84. The molecule has 1 heterocycles. The molecule has 1 aromatic heterocycles. The van der Waals surface area contributed by atoms with Crippen LogP contribution in [0, 0.1) is 0 Å². The quantitative estimate of drug-likeness (QED) is 0.731. The van der Waals surface area contributed by atoms with E-state index in [1.807, 2.05) is 11.7 Å². The van der Waals surface area contributed by atoms with Crippen molar-refractivity contribution in [2.45, 2.75) is 78.3 Å². The van der Waals surface area contributed by atoms with Gasteiger partial charge in [-0.05, 0) is 18.8 Å². The van der Waals surface area contributed by atoms with Crippen LogP contribution in [0.3, 0.4) is 0 Å². The lowest BCUT2D eigenvalue weighted by Gasteiger charge is -2.18. The molecular weight excluding hydrogens is 234 g/mol. The highest BCUT2D eigenvalue weighted by molar-refractivity contribution is 5.20. The van der Waals surface area contributed by atoms with Crippen molar-refractivity contribution in [3.05, 3.63) is 17.5 Å². The Kier molecular flexibility index (Phi) is 7.14. The number of rotatable bonds is 9. The predicted molar refractivity (Wildman–Crippen MR) is 82.4 cm³/mol. The molecule has 3 heteroatoms. The first-order valence-electron chi connectivity index (χ1n) is 7.84. The Balaban J connectivity index is 2.57. The Morgan fingerprint density at radius 1 is 1.21 bits per heavy atom. The van der Waals surface area contributed by atoms with Crippen LogP contribution in [0.15, 0.2) is 6.20 Å². The van der Waals surface area contributed by atoms with Gasteiger partial charge in [0.25, 0.3) is 0 Å². The third kappa shape index (κ3) is 5.35. The lowest BCUT2D eigenvalue weighted by atomic mass is 10.0. The first kappa shape index (κ1) is 16.2. The summed E-state index contributed by atoms with van der Waals surface area (Å²) in [4.78, 5) is 0. The summed E-state index contributed by atoms with van der Waals surface area (Å²) in [5.41, 5.74) is 2.59. The van der Waals surface area contributed by atoms with Gasteiger partial charge in [-0.3, -0.25) is 4.68 Å². The Bertz CT molecular complexity index is 355. The number of unbranched alkanes of at least 4 members (excludes halogenated alkanes) is 1. The highest BCUT2D eigenvalue weighted by Crippen LogP contribution is 2.17. The first-order chi connectivity index (χ1) is 9.08. The zero-order valence-corrected chi connectivity index (χ0v) is 13.4. The third-order valence-corrected chi connectivity index (χ3v) is 3.61. The molecule has 1 atom stereocenters. The van der Waals surface area contributed by atoms with E-state index in [1.165, 1.54) is 43.4 Å². The second kappa shape index (κ2) is 8.36. The average Bonchev–Trinajstić information content (AvgIpc) is 2.74. The maximum absolute atomic E-state index is 4.57. The van der Waals surface area contributed by atoms with Gasteiger partial charge in [0.2, 0.25) is 0 Å². The molecular formula is C16H31N3. The predicted octanol–water partition coefficient (Wildman–Crippen LogP) is 3.99. The molecule has 0 aromatic carbocycles. The van der Waals surface area contributed by atoms with Crippen LogP contribution in [-0.4, -0.2) is 15.8 Å². The zero-order chi connectivity index (χ0) is 14.3. The second-order valence-electron chi connectivity index (χ2n) is 5.88. The fourth-order valence-electron chi connectivity index (χ4n) is 2.58. The van der Waals surface area contributed by atoms with Gasteiger partial charge in [-0.15, -0.1) is 0 Å². The fraction of sp³-hybridized carbons (Fsp3) is 0.812. The van der Waals surface area contributed by atoms with Crippen molar-refractivity contribution >= 4 is 0 Å². The molecule has 0 amide bonds. The molecule has 1 N–H and O–H groups in total. The van der Waals surface area contributed by atoms with Crippen molar-refractivity contribution in [2.75, 3.05) is 0 Å². The number of hydrogen-bond donors (Lipinski definition) is 1. The number of nitrogens with one attached hydrogen (secondary N) is 1. The normalized spacial score (nSPS) is 13.2. The molecule has 0 radical (unpaired) electrons. The summed E-state index contributed by atoms with van der Waals surface area (Å²) in [6.45, 7) is 9.92. The molecule has 110 valence electrons. The van der Waals surface area contributed by atoms with Crippen molar-refractivity contribution in [1.29, 1.82) is 0 Å². The monoisotopic (exact) mass is 265 g/mol. The van der Waals surface area contributed by atoms with Crippen LogP contribution in [0.4, 0.5) is 0 Å². The second-order valence-corrected chi connectivity index (χ2v) is 5.88. The minimum Gasteiger partial charge on any atom is -0.310 e. The van der Waals surface area contributed by atoms with Gasteiger partial charge in [-0.2, -0.15) is 5.10 Å². The van der Waals surface area contributed by atoms with Gasteiger partial charge in [-0.25, -0.2) is 0 Å². The van der Waals surface area contributed by atoms with Gasteiger partial charge in [-0.1, -0.05) is 47.0 Å². The molecule has 0 saturated heterocycles. The Morgan fingerprint density at radius 3 is 2.53 bits per heavy atom. The largest absolute Gasteiger partial charge is 0.310 e. The van der Waals surface area contributed by atoms with Crippen LogP contribution in [0.2, 0.25) is 0 Å². The molecule has 0 bridgehead atoms. The summed E-state index contributed by atoms with van der Waals surface area (Å²) in [5.74, 6) is 0.498. The smallest absolute Gasteiger partial charge is 0.0694 e. The number of nitrogens with zero attached hydrogens (tertiary/aromatic N) is 2. The van der Waals surface area contributed by atoms with Crippen LogP contribution in [0.25, 0.3) is 0 Å². The SMILES string of the molecule is CCCCC(CCC)NCc1cn(C)nc1C(C)C. The van der Waals surface area contributed by atoms with Crippen LogP contribution >= 0.6 is 0 Å². The van der Waals surface area contributed by atoms with Crippen LogP contribution in [-0.2, 0) is 13.6 Å². The van der Waals surface area contributed by atoms with E-state index < -0.39 is 0 Å². The van der Waals surface area contributed by atoms with Crippen LogP contribution < -0.4 is 5.32 Å². The van der Waals surface area contributed by atoms with E-state index in [4.69, 9.17) is 0 Å². The highest BCUT2D eigenvalue weighted by Gasteiger charge is 2.13. The van der Waals surface area contributed by atoms with Crippen molar-refractivity contribution < 1.29 is 0 Å². The maximum Gasteiger partial charge on any atom is 0.0694 e. The van der Waals surface area contributed by atoms with E-state index >= 15 is 0 Å². The maximum atomic E-state index is 4.57. The van der Waals surface area contributed by atoms with Crippen LogP contribution in [0.5, 0.6) is 0 Å². The summed E-state index contributed by atoms with van der Waals surface area (Å²) in [7, 11) is 2.01. The van der Waals surface area contributed by atoms with E-state index in [9.17, 15) is 0 Å². The third-order valence-electron chi connectivity index (χ3n) is 3.61.